The van der Waals surface area contributed by atoms with E-state index in [0.717, 1.165) is 48.5 Å². The SMILES string of the molecule is Cn1ccc2c(OC3CCN(c4nncc5ccoc45)CC3)cccc21. The van der Waals surface area contributed by atoms with Crippen molar-refractivity contribution in [3.8, 4) is 5.75 Å². The van der Waals surface area contributed by atoms with Crippen LogP contribution in [0.1, 0.15) is 12.8 Å². The van der Waals surface area contributed by atoms with Crippen LogP contribution < -0.4 is 9.64 Å². The Morgan fingerprint density at radius 2 is 2.04 bits per heavy atom. The second kappa shape index (κ2) is 6.05. The molecular formula is C20H20N4O2. The second-order valence-corrected chi connectivity index (χ2v) is 6.79. The Morgan fingerprint density at radius 3 is 2.92 bits per heavy atom. The molecule has 0 N–H and O–H groups in total. The molecule has 0 saturated carbocycles. The first kappa shape index (κ1) is 15.3. The van der Waals surface area contributed by atoms with Gasteiger partial charge in [0.1, 0.15) is 11.9 Å². The molecule has 26 heavy (non-hydrogen) atoms. The Labute approximate surface area is 151 Å². The molecule has 6 nitrogen and oxygen atoms in total. The number of hydrogen-bond acceptors (Lipinski definition) is 5. The van der Waals surface area contributed by atoms with Crippen LogP contribution in [0.3, 0.4) is 0 Å². The molecule has 1 aliphatic rings. The Hall–Kier alpha value is -3.02. The zero-order chi connectivity index (χ0) is 17.5. The van der Waals surface area contributed by atoms with Crippen molar-refractivity contribution in [1.82, 2.24) is 14.8 Å². The van der Waals surface area contributed by atoms with Gasteiger partial charge in [-0.3, -0.25) is 0 Å². The number of hydrogen-bond donors (Lipinski definition) is 0. The predicted octanol–water partition coefficient (Wildman–Crippen LogP) is 3.76. The summed E-state index contributed by atoms with van der Waals surface area (Å²) >= 11 is 0. The fourth-order valence-electron chi connectivity index (χ4n) is 3.74. The van der Waals surface area contributed by atoms with E-state index in [-0.39, 0.29) is 6.10 Å². The van der Waals surface area contributed by atoms with Crippen LogP contribution in [0.5, 0.6) is 5.75 Å². The lowest BCUT2D eigenvalue weighted by Gasteiger charge is -2.32. The first-order valence-electron chi connectivity index (χ1n) is 8.94. The van der Waals surface area contributed by atoms with Gasteiger partial charge in [0.25, 0.3) is 0 Å². The predicted molar refractivity (Wildman–Crippen MR) is 101 cm³/mol. The topological polar surface area (TPSA) is 56.3 Å². The summed E-state index contributed by atoms with van der Waals surface area (Å²) in [5.74, 6) is 1.80. The van der Waals surface area contributed by atoms with E-state index in [2.05, 4.69) is 57.2 Å². The number of piperidine rings is 1. The van der Waals surface area contributed by atoms with E-state index in [4.69, 9.17) is 9.15 Å². The molecule has 4 aromatic rings. The third kappa shape index (κ3) is 2.49. The summed E-state index contributed by atoms with van der Waals surface area (Å²) in [6.07, 6.45) is 7.60. The Morgan fingerprint density at radius 1 is 1.15 bits per heavy atom. The van der Waals surface area contributed by atoms with Gasteiger partial charge in [-0.2, -0.15) is 5.10 Å². The lowest BCUT2D eigenvalue weighted by molar-refractivity contribution is 0.173. The number of rotatable bonds is 3. The van der Waals surface area contributed by atoms with Crippen molar-refractivity contribution in [3.63, 3.8) is 0 Å². The summed E-state index contributed by atoms with van der Waals surface area (Å²) < 4.78 is 14.1. The minimum atomic E-state index is 0.209. The van der Waals surface area contributed by atoms with Crippen LogP contribution in [0.25, 0.3) is 21.9 Å². The average Bonchev–Trinajstić information content (AvgIpc) is 3.30. The molecule has 3 aromatic heterocycles. The van der Waals surface area contributed by atoms with Crippen LogP contribution in [-0.4, -0.2) is 34.0 Å². The average molecular weight is 348 g/mol. The number of ether oxygens (including phenoxy) is 1. The van der Waals surface area contributed by atoms with Crippen LogP contribution in [-0.2, 0) is 7.05 Å². The monoisotopic (exact) mass is 348 g/mol. The van der Waals surface area contributed by atoms with Gasteiger partial charge >= 0.3 is 0 Å². The number of nitrogens with zero attached hydrogens (tertiary/aromatic N) is 4. The van der Waals surface area contributed by atoms with Crippen molar-refractivity contribution in [2.45, 2.75) is 18.9 Å². The minimum Gasteiger partial charge on any atom is -0.490 e. The summed E-state index contributed by atoms with van der Waals surface area (Å²) in [4.78, 5) is 2.24. The summed E-state index contributed by atoms with van der Waals surface area (Å²) in [6, 6.07) is 10.3. The fraction of sp³-hybridized carbons (Fsp3) is 0.300. The highest BCUT2D eigenvalue weighted by Gasteiger charge is 2.24. The van der Waals surface area contributed by atoms with Crippen LogP contribution in [0.4, 0.5) is 5.82 Å². The third-order valence-electron chi connectivity index (χ3n) is 5.17. The molecule has 4 heterocycles. The number of aromatic nitrogens is 3. The van der Waals surface area contributed by atoms with Crippen molar-refractivity contribution >= 4 is 27.7 Å². The summed E-state index contributed by atoms with van der Waals surface area (Å²) in [5, 5.41) is 10.6. The van der Waals surface area contributed by atoms with E-state index in [1.807, 2.05) is 6.07 Å². The molecule has 1 aromatic carbocycles. The minimum absolute atomic E-state index is 0.209. The van der Waals surface area contributed by atoms with E-state index in [1.54, 1.807) is 12.5 Å². The molecule has 5 rings (SSSR count). The lowest BCUT2D eigenvalue weighted by Crippen LogP contribution is -2.38. The van der Waals surface area contributed by atoms with Gasteiger partial charge < -0.3 is 18.6 Å². The Balaban J connectivity index is 1.32. The van der Waals surface area contributed by atoms with Gasteiger partial charge in [0.2, 0.25) is 0 Å². The quantitative estimate of drug-likeness (QED) is 0.564. The van der Waals surface area contributed by atoms with E-state index in [1.165, 1.54) is 10.9 Å². The Bertz CT molecular complexity index is 1060. The van der Waals surface area contributed by atoms with E-state index in [0.29, 0.717) is 0 Å². The van der Waals surface area contributed by atoms with Gasteiger partial charge in [-0.05, 0) is 24.3 Å². The van der Waals surface area contributed by atoms with E-state index in [9.17, 15) is 0 Å². The van der Waals surface area contributed by atoms with Gasteiger partial charge in [-0.25, -0.2) is 0 Å². The van der Waals surface area contributed by atoms with E-state index < -0.39 is 0 Å². The van der Waals surface area contributed by atoms with Gasteiger partial charge in [0.05, 0.1) is 18.0 Å². The number of fused-ring (bicyclic) bond motifs is 2. The van der Waals surface area contributed by atoms with Crippen molar-refractivity contribution < 1.29 is 9.15 Å². The first-order valence-corrected chi connectivity index (χ1v) is 8.94. The summed E-state index contributed by atoms with van der Waals surface area (Å²) in [5.41, 5.74) is 2.01. The van der Waals surface area contributed by atoms with Crippen molar-refractivity contribution in [2.75, 3.05) is 18.0 Å². The molecule has 1 aliphatic heterocycles. The van der Waals surface area contributed by atoms with Gasteiger partial charge in [0, 0.05) is 49.9 Å². The van der Waals surface area contributed by atoms with Crippen LogP contribution in [0.2, 0.25) is 0 Å². The highest BCUT2D eigenvalue weighted by Crippen LogP contribution is 2.30. The summed E-state index contributed by atoms with van der Waals surface area (Å²) in [6.45, 7) is 1.76. The highest BCUT2D eigenvalue weighted by atomic mass is 16.5. The molecule has 132 valence electrons. The lowest BCUT2D eigenvalue weighted by atomic mass is 10.1. The molecule has 0 spiro atoms. The molecule has 0 aliphatic carbocycles. The van der Waals surface area contributed by atoms with Crippen molar-refractivity contribution in [3.05, 3.63) is 49.0 Å². The van der Waals surface area contributed by atoms with Crippen molar-refractivity contribution in [2.24, 2.45) is 7.05 Å². The summed E-state index contributed by atoms with van der Waals surface area (Å²) in [7, 11) is 2.06. The Kier molecular flexibility index (Phi) is 3.55. The first-order chi connectivity index (χ1) is 12.8. The standard InChI is InChI=1S/C20H20N4O2/c1-23-9-7-16-17(23)3-2-4-18(16)26-15-5-10-24(11-6-15)20-19-14(8-12-25-19)13-21-22-20/h2-4,7-9,12-13,15H,5-6,10-11H2,1H3. The zero-order valence-electron chi connectivity index (χ0n) is 14.6. The maximum atomic E-state index is 6.34. The van der Waals surface area contributed by atoms with Crippen LogP contribution >= 0.6 is 0 Å². The molecule has 0 amide bonds. The molecule has 0 radical (unpaired) electrons. The largest absolute Gasteiger partial charge is 0.490 e. The number of anilines is 1. The smallest absolute Gasteiger partial charge is 0.195 e. The highest BCUT2D eigenvalue weighted by molar-refractivity contribution is 5.87. The molecular weight excluding hydrogens is 328 g/mol. The fourth-order valence-corrected chi connectivity index (χ4v) is 3.74. The number of benzene rings is 1. The maximum Gasteiger partial charge on any atom is 0.195 e. The van der Waals surface area contributed by atoms with Crippen molar-refractivity contribution in [1.29, 1.82) is 0 Å². The van der Waals surface area contributed by atoms with Crippen LogP contribution in [0, 0.1) is 0 Å². The molecule has 0 bridgehead atoms. The normalized spacial score (nSPS) is 15.8. The molecule has 1 fully saturated rings. The second-order valence-electron chi connectivity index (χ2n) is 6.79. The number of aryl methyl sites for hydroxylation is 1. The van der Waals surface area contributed by atoms with Gasteiger partial charge in [0.15, 0.2) is 11.4 Å². The van der Waals surface area contributed by atoms with Crippen LogP contribution in [0.15, 0.2) is 53.4 Å². The maximum absolute atomic E-state index is 6.34. The molecule has 6 heteroatoms. The molecule has 0 atom stereocenters. The van der Waals surface area contributed by atoms with E-state index >= 15 is 0 Å². The van der Waals surface area contributed by atoms with Gasteiger partial charge in [-0.1, -0.05) is 6.07 Å². The van der Waals surface area contributed by atoms with Gasteiger partial charge in [-0.15, -0.1) is 5.10 Å². The zero-order valence-corrected chi connectivity index (χ0v) is 14.6. The number of furan rings is 1. The molecule has 1 saturated heterocycles. The molecule has 0 unspecified atom stereocenters. The third-order valence-corrected chi connectivity index (χ3v) is 5.17.